The topological polar surface area (TPSA) is 26.3 Å². The predicted octanol–water partition coefficient (Wildman–Crippen LogP) is 6.08. The summed E-state index contributed by atoms with van der Waals surface area (Å²) in [7, 11) is 0. The van der Waals surface area contributed by atoms with Crippen LogP contribution < -0.4 is 0 Å². The summed E-state index contributed by atoms with van der Waals surface area (Å²) in [5.41, 5.74) is 1.65. The number of carbonyl (C=O) groups excluding carboxylic acids is 1. The van der Waals surface area contributed by atoms with Crippen LogP contribution in [0, 0.1) is 23.7 Å². The molecular formula is C20H31BrO2. The highest BCUT2D eigenvalue weighted by Gasteiger charge is 2.31. The standard InChI is InChI=1S/C20H31BrO2/c1-13(2)11-18(14(3)4)19(15(5)6)23-20(22)17-10-8-7-9-16(17)12-21/h7-10,13-15,18-19H,11-12H2,1-6H3. The van der Waals surface area contributed by atoms with E-state index in [9.17, 15) is 4.79 Å². The number of hydrogen-bond donors (Lipinski definition) is 0. The fourth-order valence-corrected chi connectivity index (χ4v) is 3.56. The zero-order chi connectivity index (χ0) is 17.6. The van der Waals surface area contributed by atoms with E-state index in [4.69, 9.17) is 4.74 Å². The second-order valence-corrected chi connectivity index (χ2v) is 8.00. The van der Waals surface area contributed by atoms with Gasteiger partial charge >= 0.3 is 5.97 Å². The van der Waals surface area contributed by atoms with Crippen molar-refractivity contribution in [1.82, 2.24) is 0 Å². The molecule has 1 aromatic carbocycles. The molecule has 1 rings (SSSR count). The fraction of sp³-hybridized carbons (Fsp3) is 0.650. The molecule has 0 saturated carbocycles. The molecule has 3 heteroatoms. The minimum absolute atomic E-state index is 0.0479. The molecule has 0 bridgehead atoms. The van der Waals surface area contributed by atoms with Gasteiger partial charge in [-0.3, -0.25) is 0 Å². The number of benzene rings is 1. The maximum absolute atomic E-state index is 12.7. The first kappa shape index (κ1) is 20.2. The molecule has 0 spiro atoms. The number of hydrogen-bond acceptors (Lipinski definition) is 2. The molecule has 0 fully saturated rings. The summed E-state index contributed by atoms with van der Waals surface area (Å²) >= 11 is 3.45. The van der Waals surface area contributed by atoms with Crippen LogP contribution in [0.1, 0.15) is 63.9 Å². The summed E-state index contributed by atoms with van der Waals surface area (Å²) in [6, 6.07) is 7.65. The lowest BCUT2D eigenvalue weighted by molar-refractivity contribution is -0.0164. The Morgan fingerprint density at radius 1 is 1.04 bits per heavy atom. The second kappa shape index (κ2) is 9.46. The van der Waals surface area contributed by atoms with Crippen molar-refractivity contribution in [3.63, 3.8) is 0 Å². The average molecular weight is 383 g/mol. The number of alkyl halides is 1. The first-order valence-corrected chi connectivity index (χ1v) is 9.74. The minimum Gasteiger partial charge on any atom is -0.458 e. The Hall–Kier alpha value is -0.830. The quantitative estimate of drug-likeness (QED) is 0.402. The summed E-state index contributed by atoms with van der Waals surface area (Å²) in [6.45, 7) is 13.2. The highest BCUT2D eigenvalue weighted by molar-refractivity contribution is 9.08. The van der Waals surface area contributed by atoms with Crippen molar-refractivity contribution in [2.75, 3.05) is 0 Å². The van der Waals surface area contributed by atoms with Gasteiger partial charge in [-0.25, -0.2) is 4.79 Å². The molecule has 0 N–H and O–H groups in total. The molecule has 0 aromatic heterocycles. The molecule has 0 amide bonds. The zero-order valence-electron chi connectivity index (χ0n) is 15.3. The van der Waals surface area contributed by atoms with Crippen molar-refractivity contribution in [2.24, 2.45) is 23.7 Å². The van der Waals surface area contributed by atoms with Crippen LogP contribution >= 0.6 is 15.9 Å². The number of carbonyl (C=O) groups is 1. The molecule has 0 radical (unpaired) electrons. The Balaban J connectivity index is 3.00. The Morgan fingerprint density at radius 2 is 1.65 bits per heavy atom. The van der Waals surface area contributed by atoms with Gasteiger partial charge in [0.15, 0.2) is 0 Å². The van der Waals surface area contributed by atoms with E-state index in [1.807, 2.05) is 24.3 Å². The highest BCUT2D eigenvalue weighted by atomic mass is 79.9. The van der Waals surface area contributed by atoms with E-state index in [0.717, 1.165) is 12.0 Å². The molecule has 2 atom stereocenters. The van der Waals surface area contributed by atoms with Crippen LogP contribution in [-0.2, 0) is 10.1 Å². The van der Waals surface area contributed by atoms with Crippen LogP contribution in [0.15, 0.2) is 24.3 Å². The lowest BCUT2D eigenvalue weighted by atomic mass is 9.79. The Kier molecular flexibility index (Phi) is 8.32. The number of ether oxygens (including phenoxy) is 1. The van der Waals surface area contributed by atoms with Gasteiger partial charge in [0, 0.05) is 5.33 Å². The highest BCUT2D eigenvalue weighted by Crippen LogP contribution is 2.31. The molecule has 0 aliphatic carbocycles. The van der Waals surface area contributed by atoms with Gasteiger partial charge in [0.1, 0.15) is 6.10 Å². The largest absolute Gasteiger partial charge is 0.458 e. The van der Waals surface area contributed by atoms with E-state index >= 15 is 0 Å². The maximum Gasteiger partial charge on any atom is 0.338 e. The average Bonchev–Trinajstić information content (AvgIpc) is 2.49. The van der Waals surface area contributed by atoms with Crippen LogP contribution in [0.3, 0.4) is 0 Å². The van der Waals surface area contributed by atoms with Crippen molar-refractivity contribution in [3.05, 3.63) is 35.4 Å². The third kappa shape index (κ3) is 5.95. The lowest BCUT2D eigenvalue weighted by Crippen LogP contribution is -2.35. The van der Waals surface area contributed by atoms with Crippen molar-refractivity contribution in [2.45, 2.75) is 59.4 Å². The van der Waals surface area contributed by atoms with Crippen LogP contribution in [-0.4, -0.2) is 12.1 Å². The molecule has 0 aliphatic heterocycles. The van der Waals surface area contributed by atoms with Gasteiger partial charge in [0.05, 0.1) is 5.56 Å². The zero-order valence-corrected chi connectivity index (χ0v) is 16.9. The van der Waals surface area contributed by atoms with E-state index < -0.39 is 0 Å². The number of halogens is 1. The molecular weight excluding hydrogens is 352 g/mol. The van der Waals surface area contributed by atoms with E-state index in [1.165, 1.54) is 0 Å². The normalized spacial score (nSPS) is 14.3. The van der Waals surface area contributed by atoms with Gasteiger partial charge in [0.2, 0.25) is 0 Å². The van der Waals surface area contributed by atoms with Crippen molar-refractivity contribution >= 4 is 21.9 Å². The first-order chi connectivity index (χ1) is 10.8. The summed E-state index contributed by atoms with van der Waals surface area (Å²) < 4.78 is 6.01. The summed E-state index contributed by atoms with van der Waals surface area (Å²) in [6.07, 6.45) is 1.03. The molecule has 0 aliphatic rings. The molecule has 2 nitrogen and oxygen atoms in total. The summed E-state index contributed by atoms with van der Waals surface area (Å²) in [5, 5.41) is 0.657. The third-order valence-electron chi connectivity index (χ3n) is 4.30. The molecule has 130 valence electrons. The Bertz CT molecular complexity index is 494. The number of esters is 1. The maximum atomic E-state index is 12.7. The lowest BCUT2D eigenvalue weighted by Gasteiger charge is -2.34. The third-order valence-corrected chi connectivity index (χ3v) is 4.91. The Morgan fingerprint density at radius 3 is 2.13 bits per heavy atom. The fourth-order valence-electron chi connectivity index (χ4n) is 3.07. The first-order valence-electron chi connectivity index (χ1n) is 8.62. The van der Waals surface area contributed by atoms with E-state index in [0.29, 0.717) is 34.6 Å². The SMILES string of the molecule is CC(C)CC(C(C)C)C(OC(=O)c1ccccc1CBr)C(C)C. The minimum atomic E-state index is -0.201. The molecule has 0 saturated heterocycles. The van der Waals surface area contributed by atoms with E-state index in [-0.39, 0.29) is 12.1 Å². The van der Waals surface area contributed by atoms with Crippen molar-refractivity contribution in [1.29, 1.82) is 0 Å². The van der Waals surface area contributed by atoms with Crippen molar-refractivity contribution < 1.29 is 9.53 Å². The van der Waals surface area contributed by atoms with Crippen LogP contribution in [0.5, 0.6) is 0 Å². The number of rotatable bonds is 8. The van der Waals surface area contributed by atoms with Gasteiger partial charge in [0.25, 0.3) is 0 Å². The summed E-state index contributed by atoms with van der Waals surface area (Å²) in [5.74, 6) is 1.57. The molecule has 2 unspecified atom stereocenters. The van der Waals surface area contributed by atoms with Gasteiger partial charge in [-0.1, -0.05) is 75.7 Å². The second-order valence-electron chi connectivity index (χ2n) is 7.44. The van der Waals surface area contributed by atoms with Gasteiger partial charge in [-0.15, -0.1) is 0 Å². The van der Waals surface area contributed by atoms with E-state index in [2.05, 4.69) is 57.5 Å². The van der Waals surface area contributed by atoms with Crippen LogP contribution in [0.25, 0.3) is 0 Å². The molecule has 0 heterocycles. The summed E-state index contributed by atoms with van der Waals surface area (Å²) in [4.78, 5) is 12.7. The Labute approximate surface area is 150 Å². The van der Waals surface area contributed by atoms with E-state index in [1.54, 1.807) is 0 Å². The van der Waals surface area contributed by atoms with Gasteiger partial charge < -0.3 is 4.74 Å². The van der Waals surface area contributed by atoms with Gasteiger partial charge in [-0.2, -0.15) is 0 Å². The van der Waals surface area contributed by atoms with Crippen LogP contribution in [0.4, 0.5) is 0 Å². The molecule has 1 aromatic rings. The smallest absolute Gasteiger partial charge is 0.338 e. The predicted molar refractivity (Wildman–Crippen MR) is 101 cm³/mol. The van der Waals surface area contributed by atoms with Crippen LogP contribution in [0.2, 0.25) is 0 Å². The molecule has 23 heavy (non-hydrogen) atoms. The van der Waals surface area contributed by atoms with Gasteiger partial charge in [-0.05, 0) is 41.7 Å². The monoisotopic (exact) mass is 382 g/mol. The van der Waals surface area contributed by atoms with Crippen molar-refractivity contribution in [3.8, 4) is 0 Å².